The molecule has 0 aliphatic heterocycles. The third-order valence-electron chi connectivity index (χ3n) is 5.65. The molecule has 0 fully saturated rings. The van der Waals surface area contributed by atoms with Crippen LogP contribution >= 0.6 is 0 Å². The first-order valence-corrected chi connectivity index (χ1v) is 11.8. The minimum atomic E-state index is -0.975. The van der Waals surface area contributed by atoms with E-state index in [0.29, 0.717) is 52.9 Å². The fourth-order valence-electron chi connectivity index (χ4n) is 3.69. The van der Waals surface area contributed by atoms with Crippen LogP contribution in [0.2, 0.25) is 0 Å². The Morgan fingerprint density at radius 3 is 2.14 bits per heavy atom. The third-order valence-corrected chi connectivity index (χ3v) is 5.65. The van der Waals surface area contributed by atoms with Gasteiger partial charge < -0.3 is 4.74 Å². The average molecular weight is 493 g/mol. The zero-order chi connectivity index (χ0) is 25.5. The lowest BCUT2D eigenvalue weighted by molar-refractivity contribution is 0.303. The Morgan fingerprint density at radius 2 is 1.44 bits per heavy atom. The van der Waals surface area contributed by atoms with Gasteiger partial charge in [-0.15, -0.1) is 0 Å². The molecule has 36 heavy (non-hydrogen) atoms. The summed E-state index contributed by atoms with van der Waals surface area (Å²) in [6.45, 7) is 2.74. The molecule has 0 radical (unpaired) electrons. The van der Waals surface area contributed by atoms with E-state index in [2.05, 4.69) is 28.7 Å². The first kappa shape index (κ1) is 25.2. The number of hydrogen-bond donors (Lipinski definition) is 0. The second-order valence-electron chi connectivity index (χ2n) is 8.40. The Bertz CT molecular complexity index is 1400. The summed E-state index contributed by atoms with van der Waals surface area (Å²) in [5.74, 6) is 2.89. The molecule has 3 aromatic carbocycles. The highest BCUT2D eigenvalue weighted by Crippen LogP contribution is 2.21. The van der Waals surface area contributed by atoms with Gasteiger partial charge in [-0.3, -0.25) is 0 Å². The van der Waals surface area contributed by atoms with Crippen molar-refractivity contribution in [2.75, 3.05) is 6.61 Å². The number of ether oxygens (including phenoxy) is 1. The lowest BCUT2D eigenvalue weighted by Crippen LogP contribution is -2.02. The first-order valence-electron chi connectivity index (χ1n) is 11.8. The number of hydrogen-bond acceptors (Lipinski definition) is 3. The van der Waals surface area contributed by atoms with E-state index in [-0.39, 0.29) is 5.56 Å². The molecule has 0 saturated heterocycles. The molecule has 0 aliphatic carbocycles. The molecule has 4 rings (SSSR count). The molecule has 0 bridgehead atoms. The van der Waals surface area contributed by atoms with Gasteiger partial charge in [0, 0.05) is 12.0 Å². The van der Waals surface area contributed by atoms with E-state index >= 15 is 0 Å². The number of aryl methyl sites for hydroxylation is 2. The van der Waals surface area contributed by atoms with Crippen LogP contribution in [0.1, 0.15) is 48.7 Å². The highest BCUT2D eigenvalue weighted by atomic mass is 19.2. The van der Waals surface area contributed by atoms with Crippen LogP contribution in [-0.4, -0.2) is 16.6 Å². The van der Waals surface area contributed by atoms with Crippen molar-refractivity contribution in [2.24, 2.45) is 0 Å². The Labute approximate surface area is 207 Å². The Kier molecular flexibility index (Phi) is 8.17. The van der Waals surface area contributed by atoms with Gasteiger partial charge in [-0.25, -0.2) is 27.5 Å². The van der Waals surface area contributed by atoms with Crippen molar-refractivity contribution in [1.29, 1.82) is 0 Å². The molecule has 0 unspecified atom stereocenters. The maximum absolute atomic E-state index is 14.6. The molecule has 184 valence electrons. The predicted molar refractivity (Wildman–Crippen MR) is 131 cm³/mol. The zero-order valence-corrected chi connectivity index (χ0v) is 19.8. The third kappa shape index (κ3) is 6.39. The lowest BCUT2D eigenvalue weighted by atomic mass is 10.0. The van der Waals surface area contributed by atoms with Crippen molar-refractivity contribution in [1.82, 2.24) is 9.97 Å². The van der Waals surface area contributed by atoms with Gasteiger partial charge in [0.05, 0.1) is 24.6 Å². The van der Waals surface area contributed by atoms with Crippen molar-refractivity contribution in [2.45, 2.75) is 39.0 Å². The minimum absolute atomic E-state index is 0.352. The van der Waals surface area contributed by atoms with Gasteiger partial charge in [-0.2, -0.15) is 0 Å². The van der Waals surface area contributed by atoms with Gasteiger partial charge in [-0.05, 0) is 65.6 Å². The first-order chi connectivity index (χ1) is 17.4. The second-order valence-corrected chi connectivity index (χ2v) is 8.40. The molecule has 3 nitrogen and oxygen atoms in total. The molecule has 0 spiro atoms. The van der Waals surface area contributed by atoms with Crippen molar-refractivity contribution in [3.05, 3.63) is 101 Å². The molecule has 0 aliphatic rings. The van der Waals surface area contributed by atoms with Crippen LogP contribution in [0.3, 0.4) is 0 Å². The molecule has 0 atom stereocenters. The van der Waals surface area contributed by atoms with E-state index < -0.39 is 23.3 Å². The monoisotopic (exact) mass is 492 g/mol. The summed E-state index contributed by atoms with van der Waals surface area (Å²) in [6, 6.07) is 9.33. The molecule has 0 amide bonds. The minimum Gasteiger partial charge on any atom is -0.490 e. The van der Waals surface area contributed by atoms with Gasteiger partial charge in [0.15, 0.2) is 17.4 Å². The molecule has 1 aromatic heterocycles. The van der Waals surface area contributed by atoms with Crippen LogP contribution in [0, 0.1) is 35.1 Å². The average Bonchev–Trinajstić information content (AvgIpc) is 2.86. The van der Waals surface area contributed by atoms with E-state index in [1.54, 1.807) is 24.5 Å². The van der Waals surface area contributed by atoms with E-state index in [0.717, 1.165) is 31.4 Å². The number of benzene rings is 3. The molecular weight excluding hydrogens is 468 g/mol. The summed E-state index contributed by atoms with van der Waals surface area (Å²) in [4.78, 5) is 8.52. The van der Waals surface area contributed by atoms with E-state index in [9.17, 15) is 17.6 Å². The van der Waals surface area contributed by atoms with E-state index in [4.69, 9.17) is 4.74 Å². The highest BCUT2D eigenvalue weighted by molar-refractivity contribution is 5.84. The fourth-order valence-corrected chi connectivity index (χ4v) is 3.69. The lowest BCUT2D eigenvalue weighted by Gasteiger charge is -2.06. The molecule has 1 heterocycles. The van der Waals surface area contributed by atoms with Crippen molar-refractivity contribution in [3.63, 3.8) is 0 Å². The van der Waals surface area contributed by atoms with Crippen molar-refractivity contribution < 1.29 is 22.3 Å². The second kappa shape index (κ2) is 11.7. The van der Waals surface area contributed by atoms with E-state index in [1.807, 2.05) is 0 Å². The quantitative estimate of drug-likeness (QED) is 0.152. The molecule has 7 heteroatoms. The molecule has 4 aromatic rings. The van der Waals surface area contributed by atoms with Crippen LogP contribution in [-0.2, 0) is 12.8 Å². The molecule has 0 N–H and O–H groups in total. The summed E-state index contributed by atoms with van der Waals surface area (Å²) in [5.41, 5.74) is 0.526. The summed E-state index contributed by atoms with van der Waals surface area (Å²) < 4.78 is 61.7. The summed E-state index contributed by atoms with van der Waals surface area (Å²) in [7, 11) is 0. The van der Waals surface area contributed by atoms with Crippen LogP contribution < -0.4 is 4.74 Å². The molecular formula is C29H24F4N2O. The number of unbranched alkanes of at least 4 members (excludes halogenated alkanes) is 2. The van der Waals surface area contributed by atoms with Gasteiger partial charge in [-0.1, -0.05) is 37.7 Å². The standard InChI is InChI=1S/C29H24F4N2O/c1-2-3-4-11-36-23-17-34-29(35-18-23)10-7-20-13-25(30)24(26(31)14-20)9-6-19-5-8-21-15-27(32)28(33)16-22(21)12-19/h5,8,12-18H,2-4,7,10-11H2,1H3. The normalized spacial score (nSPS) is 10.8. The number of nitrogens with zero attached hydrogens (tertiary/aromatic N) is 2. The Morgan fingerprint density at radius 1 is 0.750 bits per heavy atom. The van der Waals surface area contributed by atoms with Gasteiger partial charge in [0.25, 0.3) is 0 Å². The van der Waals surface area contributed by atoms with Gasteiger partial charge in [0.1, 0.15) is 17.5 Å². The molecule has 0 saturated carbocycles. The topological polar surface area (TPSA) is 35.0 Å². The maximum atomic E-state index is 14.6. The van der Waals surface area contributed by atoms with E-state index in [1.165, 1.54) is 18.2 Å². The maximum Gasteiger partial charge on any atom is 0.159 e. The number of fused-ring (bicyclic) bond motifs is 1. The van der Waals surface area contributed by atoms with Crippen LogP contribution in [0.5, 0.6) is 5.75 Å². The van der Waals surface area contributed by atoms with Crippen LogP contribution in [0.4, 0.5) is 17.6 Å². The Hall–Kier alpha value is -3.92. The van der Waals surface area contributed by atoms with Crippen molar-refractivity contribution >= 4 is 10.8 Å². The Balaban J connectivity index is 1.41. The summed E-state index contributed by atoms with van der Waals surface area (Å²) in [6.07, 6.45) is 7.16. The smallest absolute Gasteiger partial charge is 0.159 e. The van der Waals surface area contributed by atoms with Crippen LogP contribution in [0.15, 0.2) is 54.9 Å². The van der Waals surface area contributed by atoms with Gasteiger partial charge in [0.2, 0.25) is 0 Å². The van der Waals surface area contributed by atoms with Crippen LogP contribution in [0.25, 0.3) is 10.8 Å². The fraction of sp³-hybridized carbons (Fsp3) is 0.241. The zero-order valence-electron chi connectivity index (χ0n) is 19.8. The number of rotatable bonds is 8. The van der Waals surface area contributed by atoms with Gasteiger partial charge >= 0.3 is 0 Å². The summed E-state index contributed by atoms with van der Waals surface area (Å²) in [5, 5.41) is 0.939. The largest absolute Gasteiger partial charge is 0.490 e. The number of halogens is 4. The van der Waals surface area contributed by atoms with Crippen molar-refractivity contribution in [3.8, 4) is 17.6 Å². The SMILES string of the molecule is CCCCCOc1cnc(CCc2cc(F)c(C#Cc3ccc4cc(F)c(F)cc4c3)c(F)c2)nc1. The number of aromatic nitrogens is 2. The highest BCUT2D eigenvalue weighted by Gasteiger charge is 2.11. The summed E-state index contributed by atoms with van der Waals surface area (Å²) >= 11 is 0. The predicted octanol–water partition coefficient (Wildman–Crippen LogP) is 6.94.